The van der Waals surface area contributed by atoms with Gasteiger partial charge in [0.15, 0.2) is 11.6 Å². The third-order valence-corrected chi connectivity index (χ3v) is 13.0. The highest BCUT2D eigenvalue weighted by Crippen LogP contribution is 2.43. The second-order valence-electron chi connectivity index (χ2n) is 17.0. The van der Waals surface area contributed by atoms with Gasteiger partial charge in [0.1, 0.15) is 0 Å². The average Bonchev–Trinajstić information content (AvgIpc) is 3.95. The Hall–Kier alpha value is -9.26. The summed E-state index contributed by atoms with van der Waals surface area (Å²) in [6.45, 7) is 0. The first-order chi connectivity index (χ1) is 33.7. The predicted molar refractivity (Wildman–Crippen MR) is 279 cm³/mol. The SMILES string of the molecule is c1ccc(-c2cc(-c3cccc(-n4c5ccccc5c5ccc6c7ccccc7n(-c7nc(-c8ccccc8)nc(-c8ccccc8-c8ccccc8)n7)c6c54)c3)cc(-c3ccccc3)n2)cc1. The standard InChI is InChI=1S/C62H40N6/c1-5-20-41(21-6-1)48-30-13-14-33-53(48)61-64-60(44-26-11-4-12-27-44)65-62(66-61)68-57-35-18-16-32-50(57)52-37-36-51-49-31-15-17-34-56(49)67(58(51)59(52)68)47-29-19-28-45(38-47)46-39-54(42-22-7-2-8-23-42)63-55(40-46)43-24-9-3-10-25-43/h1-40H. The number of hydrogen-bond acceptors (Lipinski definition) is 4. The second kappa shape index (κ2) is 16.3. The molecule has 13 rings (SSSR count). The molecule has 0 fully saturated rings. The van der Waals surface area contributed by atoms with Gasteiger partial charge in [-0.2, -0.15) is 9.97 Å². The predicted octanol–water partition coefficient (Wildman–Crippen LogP) is 15.5. The molecule has 0 aliphatic rings. The van der Waals surface area contributed by atoms with Gasteiger partial charge in [0.05, 0.1) is 33.5 Å². The van der Waals surface area contributed by atoms with Gasteiger partial charge < -0.3 is 4.57 Å². The van der Waals surface area contributed by atoms with Crippen molar-refractivity contribution in [3.63, 3.8) is 0 Å². The van der Waals surface area contributed by atoms with Gasteiger partial charge in [-0.3, -0.25) is 4.57 Å². The van der Waals surface area contributed by atoms with Crippen LogP contribution in [0.5, 0.6) is 0 Å². The van der Waals surface area contributed by atoms with E-state index in [0.717, 1.165) is 105 Å². The summed E-state index contributed by atoms with van der Waals surface area (Å²) in [6.07, 6.45) is 0. The minimum absolute atomic E-state index is 0.541. The third-order valence-electron chi connectivity index (χ3n) is 13.0. The fourth-order valence-electron chi connectivity index (χ4n) is 9.86. The van der Waals surface area contributed by atoms with Gasteiger partial charge in [-0.1, -0.05) is 206 Å². The lowest BCUT2D eigenvalue weighted by Gasteiger charge is -2.15. The molecule has 0 saturated heterocycles. The van der Waals surface area contributed by atoms with Crippen LogP contribution in [0, 0.1) is 0 Å². The Bertz CT molecular complexity index is 3950. The number of pyridine rings is 1. The first-order valence-corrected chi connectivity index (χ1v) is 22.9. The minimum atomic E-state index is 0.541. The van der Waals surface area contributed by atoms with E-state index < -0.39 is 0 Å². The maximum absolute atomic E-state index is 5.47. The first kappa shape index (κ1) is 39.1. The summed E-state index contributed by atoms with van der Waals surface area (Å²) >= 11 is 0. The van der Waals surface area contributed by atoms with Gasteiger partial charge in [-0.15, -0.1) is 0 Å². The molecule has 6 heteroatoms. The number of hydrogen-bond donors (Lipinski definition) is 0. The molecule has 6 nitrogen and oxygen atoms in total. The van der Waals surface area contributed by atoms with Crippen LogP contribution in [0.2, 0.25) is 0 Å². The molecule has 68 heavy (non-hydrogen) atoms. The highest BCUT2D eigenvalue weighted by atomic mass is 15.2. The molecule has 0 amide bonds. The summed E-state index contributed by atoms with van der Waals surface area (Å²) in [4.78, 5) is 21.3. The van der Waals surface area contributed by atoms with Crippen LogP contribution >= 0.6 is 0 Å². The zero-order valence-electron chi connectivity index (χ0n) is 36.8. The van der Waals surface area contributed by atoms with Gasteiger partial charge in [0.25, 0.3) is 0 Å². The molecular formula is C62H40N6. The molecule has 318 valence electrons. The lowest BCUT2D eigenvalue weighted by molar-refractivity contribution is 0.953. The van der Waals surface area contributed by atoms with Gasteiger partial charge in [-0.25, -0.2) is 9.97 Å². The molecule has 0 aliphatic carbocycles. The van der Waals surface area contributed by atoms with Crippen LogP contribution in [0.25, 0.3) is 123 Å². The third kappa shape index (κ3) is 6.66. The molecule has 0 aliphatic heterocycles. The van der Waals surface area contributed by atoms with Crippen LogP contribution in [-0.4, -0.2) is 29.1 Å². The number of rotatable bonds is 8. The minimum Gasteiger partial charge on any atom is -0.307 e. The molecule has 0 N–H and O–H groups in total. The zero-order valence-corrected chi connectivity index (χ0v) is 36.8. The van der Waals surface area contributed by atoms with E-state index in [-0.39, 0.29) is 0 Å². The van der Waals surface area contributed by atoms with E-state index >= 15 is 0 Å². The summed E-state index contributed by atoms with van der Waals surface area (Å²) in [7, 11) is 0. The van der Waals surface area contributed by atoms with Crippen molar-refractivity contribution in [3.8, 4) is 79.2 Å². The van der Waals surface area contributed by atoms with Gasteiger partial charge in [0.2, 0.25) is 5.95 Å². The molecular weight excluding hydrogens is 829 g/mol. The Morgan fingerprint density at radius 1 is 0.265 bits per heavy atom. The zero-order chi connectivity index (χ0) is 45.0. The molecule has 0 saturated carbocycles. The summed E-state index contributed by atoms with van der Waals surface area (Å²) < 4.78 is 4.68. The van der Waals surface area contributed by atoms with Crippen molar-refractivity contribution < 1.29 is 0 Å². The van der Waals surface area contributed by atoms with Crippen LogP contribution < -0.4 is 0 Å². The van der Waals surface area contributed by atoms with Crippen molar-refractivity contribution >= 4 is 43.6 Å². The molecule has 0 radical (unpaired) electrons. The molecule has 9 aromatic carbocycles. The number of aromatic nitrogens is 6. The summed E-state index contributed by atoms with van der Waals surface area (Å²) in [5, 5.41) is 4.51. The monoisotopic (exact) mass is 868 g/mol. The van der Waals surface area contributed by atoms with E-state index in [1.165, 1.54) is 0 Å². The Morgan fingerprint density at radius 2 is 0.735 bits per heavy atom. The van der Waals surface area contributed by atoms with Crippen molar-refractivity contribution in [2.75, 3.05) is 0 Å². The smallest absolute Gasteiger partial charge is 0.238 e. The Morgan fingerprint density at radius 3 is 1.35 bits per heavy atom. The van der Waals surface area contributed by atoms with E-state index in [9.17, 15) is 0 Å². The molecule has 0 spiro atoms. The van der Waals surface area contributed by atoms with E-state index in [2.05, 4.69) is 215 Å². The van der Waals surface area contributed by atoms with E-state index in [4.69, 9.17) is 19.9 Å². The van der Waals surface area contributed by atoms with Gasteiger partial charge in [-0.05, 0) is 58.7 Å². The molecule has 13 aromatic rings. The fraction of sp³-hybridized carbons (Fsp3) is 0. The van der Waals surface area contributed by atoms with Crippen LogP contribution in [0.3, 0.4) is 0 Å². The molecule has 0 bridgehead atoms. The van der Waals surface area contributed by atoms with Crippen molar-refractivity contribution in [2.24, 2.45) is 0 Å². The highest BCUT2D eigenvalue weighted by Gasteiger charge is 2.24. The lowest BCUT2D eigenvalue weighted by atomic mass is 9.99. The molecule has 4 heterocycles. The number of nitrogens with zero attached hydrogens (tertiary/aromatic N) is 6. The van der Waals surface area contributed by atoms with Crippen molar-refractivity contribution in [1.29, 1.82) is 0 Å². The summed E-state index contributed by atoms with van der Waals surface area (Å²) in [6, 6.07) is 85.1. The van der Waals surface area contributed by atoms with Crippen LogP contribution in [0.1, 0.15) is 0 Å². The van der Waals surface area contributed by atoms with E-state index in [1.54, 1.807) is 0 Å². The quantitative estimate of drug-likeness (QED) is 0.153. The van der Waals surface area contributed by atoms with Gasteiger partial charge in [0, 0.05) is 49.5 Å². The average molecular weight is 869 g/mol. The highest BCUT2D eigenvalue weighted by molar-refractivity contribution is 6.23. The Balaban J connectivity index is 1.09. The number of para-hydroxylation sites is 2. The normalized spacial score (nSPS) is 11.5. The van der Waals surface area contributed by atoms with Gasteiger partial charge >= 0.3 is 0 Å². The number of fused-ring (bicyclic) bond motifs is 7. The number of benzene rings is 9. The Kier molecular flexibility index (Phi) is 9.39. The van der Waals surface area contributed by atoms with Crippen molar-refractivity contribution in [3.05, 3.63) is 243 Å². The lowest BCUT2D eigenvalue weighted by Crippen LogP contribution is -2.07. The van der Waals surface area contributed by atoms with E-state index in [1.807, 2.05) is 36.4 Å². The van der Waals surface area contributed by atoms with Crippen LogP contribution in [-0.2, 0) is 0 Å². The van der Waals surface area contributed by atoms with Crippen molar-refractivity contribution in [2.45, 2.75) is 0 Å². The molecule has 0 atom stereocenters. The summed E-state index contributed by atoms with van der Waals surface area (Å²) in [5.41, 5.74) is 15.4. The first-order valence-electron chi connectivity index (χ1n) is 22.9. The summed E-state index contributed by atoms with van der Waals surface area (Å²) in [5.74, 6) is 1.74. The van der Waals surface area contributed by atoms with Crippen LogP contribution in [0.15, 0.2) is 243 Å². The molecule has 0 unspecified atom stereocenters. The van der Waals surface area contributed by atoms with Crippen molar-refractivity contribution in [1.82, 2.24) is 29.1 Å². The largest absolute Gasteiger partial charge is 0.307 e. The maximum atomic E-state index is 5.47. The molecule has 4 aromatic heterocycles. The van der Waals surface area contributed by atoms with E-state index in [0.29, 0.717) is 17.6 Å². The van der Waals surface area contributed by atoms with Crippen LogP contribution in [0.4, 0.5) is 0 Å². The Labute approximate surface area is 392 Å². The maximum Gasteiger partial charge on any atom is 0.238 e. The fourth-order valence-corrected chi connectivity index (χ4v) is 9.86. The topological polar surface area (TPSA) is 61.4 Å². The second-order valence-corrected chi connectivity index (χ2v) is 17.0.